The summed E-state index contributed by atoms with van der Waals surface area (Å²) >= 11 is 0. The van der Waals surface area contributed by atoms with Gasteiger partial charge in [0.2, 0.25) is 5.91 Å². The Morgan fingerprint density at radius 2 is 1.76 bits per heavy atom. The van der Waals surface area contributed by atoms with Crippen molar-refractivity contribution >= 4 is 11.8 Å². The number of nitrogens with one attached hydrogen (secondary N) is 1. The molecule has 0 aliphatic carbocycles. The molecule has 1 aromatic carbocycles. The molecule has 0 radical (unpaired) electrons. The zero-order valence-corrected chi connectivity index (χ0v) is 12.6. The fraction of sp³-hybridized carbons (Fsp3) is 0.500. The number of nitrogens with two attached hydrogens (primary N) is 1. The molecular formula is C16H23N3O2. The monoisotopic (exact) mass is 289 g/mol. The van der Waals surface area contributed by atoms with Crippen LogP contribution in [0.3, 0.4) is 0 Å². The standard InChI is InChI=1S/C16H23N3O2/c1-11(2)12-3-5-14(6-4-12)16(21)19-9-7-13(8-10-19)15(20)18-17/h3-6,11,13H,7-10,17H2,1-2H3,(H,18,20). The molecule has 0 saturated carbocycles. The van der Waals surface area contributed by atoms with Crippen LogP contribution in [0.5, 0.6) is 0 Å². The van der Waals surface area contributed by atoms with Gasteiger partial charge in [-0.15, -0.1) is 0 Å². The van der Waals surface area contributed by atoms with Crippen LogP contribution in [-0.2, 0) is 4.79 Å². The van der Waals surface area contributed by atoms with Gasteiger partial charge in [-0.25, -0.2) is 5.84 Å². The number of benzene rings is 1. The molecule has 0 aromatic heterocycles. The molecule has 1 aliphatic heterocycles. The minimum atomic E-state index is -0.136. The molecule has 114 valence electrons. The van der Waals surface area contributed by atoms with Crippen molar-refractivity contribution in [3.63, 3.8) is 0 Å². The number of piperidine rings is 1. The Hall–Kier alpha value is -1.88. The molecule has 1 fully saturated rings. The van der Waals surface area contributed by atoms with Crippen molar-refractivity contribution in [2.75, 3.05) is 13.1 Å². The fourth-order valence-electron chi connectivity index (χ4n) is 2.66. The molecule has 0 atom stereocenters. The Labute approximate surface area is 125 Å². The van der Waals surface area contributed by atoms with Gasteiger partial charge in [0, 0.05) is 24.6 Å². The minimum Gasteiger partial charge on any atom is -0.339 e. The van der Waals surface area contributed by atoms with E-state index in [9.17, 15) is 9.59 Å². The molecule has 0 spiro atoms. The maximum Gasteiger partial charge on any atom is 0.253 e. The Kier molecular flexibility index (Phi) is 4.96. The summed E-state index contributed by atoms with van der Waals surface area (Å²) in [5, 5.41) is 0. The summed E-state index contributed by atoms with van der Waals surface area (Å²) in [6.45, 7) is 5.46. The summed E-state index contributed by atoms with van der Waals surface area (Å²) in [5.41, 5.74) is 4.12. The molecule has 2 amide bonds. The molecule has 5 nitrogen and oxygen atoms in total. The highest BCUT2D eigenvalue weighted by atomic mass is 16.2. The van der Waals surface area contributed by atoms with E-state index in [1.165, 1.54) is 5.56 Å². The summed E-state index contributed by atoms with van der Waals surface area (Å²) in [6, 6.07) is 7.78. The van der Waals surface area contributed by atoms with E-state index in [0.29, 0.717) is 37.4 Å². The van der Waals surface area contributed by atoms with E-state index >= 15 is 0 Å². The minimum absolute atomic E-state index is 0.0388. The van der Waals surface area contributed by atoms with E-state index < -0.39 is 0 Å². The van der Waals surface area contributed by atoms with E-state index in [-0.39, 0.29) is 17.7 Å². The van der Waals surface area contributed by atoms with Crippen LogP contribution in [0.15, 0.2) is 24.3 Å². The second kappa shape index (κ2) is 6.72. The Bertz CT molecular complexity index is 503. The van der Waals surface area contributed by atoms with E-state index in [1.807, 2.05) is 29.2 Å². The lowest BCUT2D eigenvalue weighted by molar-refractivity contribution is -0.126. The second-order valence-corrected chi connectivity index (χ2v) is 5.85. The molecule has 0 unspecified atom stereocenters. The van der Waals surface area contributed by atoms with Crippen LogP contribution in [0, 0.1) is 5.92 Å². The Morgan fingerprint density at radius 3 is 2.24 bits per heavy atom. The molecule has 1 heterocycles. The summed E-state index contributed by atoms with van der Waals surface area (Å²) in [7, 11) is 0. The third-order valence-electron chi connectivity index (χ3n) is 4.12. The van der Waals surface area contributed by atoms with Gasteiger partial charge in [-0.05, 0) is 36.5 Å². The van der Waals surface area contributed by atoms with Crippen molar-refractivity contribution in [2.24, 2.45) is 11.8 Å². The lowest BCUT2D eigenvalue weighted by atomic mass is 9.95. The zero-order valence-electron chi connectivity index (χ0n) is 12.6. The van der Waals surface area contributed by atoms with Crippen molar-refractivity contribution in [1.29, 1.82) is 0 Å². The number of carbonyl (C=O) groups excluding carboxylic acids is 2. The van der Waals surface area contributed by atoms with Crippen LogP contribution in [0.1, 0.15) is 48.5 Å². The van der Waals surface area contributed by atoms with Gasteiger partial charge >= 0.3 is 0 Å². The third kappa shape index (κ3) is 3.61. The first-order valence-corrected chi connectivity index (χ1v) is 7.42. The summed E-state index contributed by atoms with van der Waals surface area (Å²) in [4.78, 5) is 25.7. The van der Waals surface area contributed by atoms with Crippen LogP contribution in [-0.4, -0.2) is 29.8 Å². The second-order valence-electron chi connectivity index (χ2n) is 5.85. The Morgan fingerprint density at radius 1 is 1.19 bits per heavy atom. The van der Waals surface area contributed by atoms with Crippen molar-refractivity contribution < 1.29 is 9.59 Å². The van der Waals surface area contributed by atoms with E-state index in [4.69, 9.17) is 5.84 Å². The average Bonchev–Trinajstić information content (AvgIpc) is 2.53. The summed E-state index contributed by atoms with van der Waals surface area (Å²) < 4.78 is 0. The van der Waals surface area contributed by atoms with Crippen molar-refractivity contribution in [2.45, 2.75) is 32.6 Å². The van der Waals surface area contributed by atoms with Gasteiger partial charge in [0.25, 0.3) is 5.91 Å². The molecule has 3 N–H and O–H groups in total. The predicted octanol–water partition coefficient (Wildman–Crippen LogP) is 1.65. The first-order chi connectivity index (χ1) is 10.0. The van der Waals surface area contributed by atoms with Gasteiger partial charge in [-0.2, -0.15) is 0 Å². The third-order valence-corrected chi connectivity index (χ3v) is 4.12. The molecule has 1 aromatic rings. The number of amides is 2. The number of carbonyl (C=O) groups is 2. The lowest BCUT2D eigenvalue weighted by Gasteiger charge is -2.31. The highest BCUT2D eigenvalue weighted by Gasteiger charge is 2.27. The molecular weight excluding hydrogens is 266 g/mol. The number of hydrazine groups is 1. The first-order valence-electron chi connectivity index (χ1n) is 7.42. The SMILES string of the molecule is CC(C)c1ccc(C(=O)N2CCC(C(=O)NN)CC2)cc1. The van der Waals surface area contributed by atoms with Crippen LogP contribution < -0.4 is 11.3 Å². The van der Waals surface area contributed by atoms with Gasteiger partial charge in [0.1, 0.15) is 0 Å². The maximum atomic E-state index is 12.4. The van der Waals surface area contributed by atoms with Gasteiger partial charge in [-0.3, -0.25) is 15.0 Å². The van der Waals surface area contributed by atoms with Gasteiger partial charge < -0.3 is 4.90 Å². The molecule has 2 rings (SSSR count). The van der Waals surface area contributed by atoms with E-state index in [0.717, 1.165) is 0 Å². The van der Waals surface area contributed by atoms with Crippen LogP contribution in [0.2, 0.25) is 0 Å². The average molecular weight is 289 g/mol. The number of hydrogen-bond donors (Lipinski definition) is 2. The normalized spacial score (nSPS) is 16.1. The number of likely N-dealkylation sites (tertiary alicyclic amines) is 1. The van der Waals surface area contributed by atoms with Crippen molar-refractivity contribution in [1.82, 2.24) is 10.3 Å². The fourth-order valence-corrected chi connectivity index (χ4v) is 2.66. The van der Waals surface area contributed by atoms with E-state index in [2.05, 4.69) is 19.3 Å². The van der Waals surface area contributed by atoms with Crippen molar-refractivity contribution in [3.05, 3.63) is 35.4 Å². The number of nitrogens with zero attached hydrogens (tertiary/aromatic N) is 1. The van der Waals surface area contributed by atoms with Crippen LogP contribution in [0.4, 0.5) is 0 Å². The predicted molar refractivity (Wildman–Crippen MR) is 81.5 cm³/mol. The molecule has 1 saturated heterocycles. The highest BCUT2D eigenvalue weighted by Crippen LogP contribution is 2.20. The van der Waals surface area contributed by atoms with Gasteiger partial charge in [0.05, 0.1) is 0 Å². The highest BCUT2D eigenvalue weighted by molar-refractivity contribution is 5.94. The number of rotatable bonds is 3. The summed E-state index contributed by atoms with van der Waals surface area (Å²) in [5.74, 6) is 5.43. The first kappa shape index (κ1) is 15.5. The smallest absolute Gasteiger partial charge is 0.253 e. The largest absolute Gasteiger partial charge is 0.339 e. The quantitative estimate of drug-likeness (QED) is 0.505. The maximum absolute atomic E-state index is 12.4. The Balaban J connectivity index is 1.97. The topological polar surface area (TPSA) is 75.4 Å². The molecule has 0 bridgehead atoms. The zero-order chi connectivity index (χ0) is 15.4. The summed E-state index contributed by atoms with van der Waals surface area (Å²) in [6.07, 6.45) is 1.33. The van der Waals surface area contributed by atoms with E-state index in [1.54, 1.807) is 0 Å². The van der Waals surface area contributed by atoms with Gasteiger partial charge in [0.15, 0.2) is 0 Å². The van der Waals surface area contributed by atoms with Crippen LogP contribution >= 0.6 is 0 Å². The molecule has 5 heteroatoms. The number of hydrogen-bond acceptors (Lipinski definition) is 3. The van der Waals surface area contributed by atoms with Crippen LogP contribution in [0.25, 0.3) is 0 Å². The van der Waals surface area contributed by atoms with Gasteiger partial charge in [-0.1, -0.05) is 26.0 Å². The van der Waals surface area contributed by atoms with Crippen molar-refractivity contribution in [3.8, 4) is 0 Å². The molecule has 1 aliphatic rings. The molecule has 21 heavy (non-hydrogen) atoms. The lowest BCUT2D eigenvalue weighted by Crippen LogP contribution is -2.44.